The van der Waals surface area contributed by atoms with E-state index in [1.54, 1.807) is 4.31 Å². The maximum Gasteiger partial charge on any atom is 0.220 e. The highest BCUT2D eigenvalue weighted by atomic mass is 35.5. The fraction of sp³-hybridized carbons (Fsp3) is 0.938. The fourth-order valence-electron chi connectivity index (χ4n) is 3.64. The number of sulfonamides is 1. The Bertz CT molecular complexity index is 511. The minimum absolute atomic E-state index is 0. The first-order valence-corrected chi connectivity index (χ1v) is 10.5. The molecule has 0 radical (unpaired) electrons. The van der Waals surface area contributed by atoms with Crippen LogP contribution in [0.5, 0.6) is 0 Å². The van der Waals surface area contributed by atoms with Gasteiger partial charge in [-0.25, -0.2) is 12.7 Å². The Morgan fingerprint density at radius 3 is 2.25 bits per heavy atom. The summed E-state index contributed by atoms with van der Waals surface area (Å²) in [7, 11) is -3.05. The molecule has 2 heterocycles. The van der Waals surface area contributed by atoms with E-state index in [1.165, 1.54) is 12.8 Å². The van der Waals surface area contributed by atoms with E-state index in [4.69, 9.17) is 0 Å². The summed E-state index contributed by atoms with van der Waals surface area (Å²) in [5.74, 6) is 0.805. The van der Waals surface area contributed by atoms with Gasteiger partial charge in [-0.2, -0.15) is 0 Å². The van der Waals surface area contributed by atoms with Gasteiger partial charge >= 0.3 is 0 Å². The normalized spacial score (nSPS) is 24.3. The molecule has 1 saturated carbocycles. The zero-order chi connectivity index (χ0) is 16.3. The molecule has 0 spiro atoms. The number of halogens is 1. The summed E-state index contributed by atoms with van der Waals surface area (Å²) >= 11 is 0. The van der Waals surface area contributed by atoms with Gasteiger partial charge in [0.1, 0.15) is 0 Å². The van der Waals surface area contributed by atoms with E-state index in [9.17, 15) is 13.2 Å². The van der Waals surface area contributed by atoms with Crippen molar-refractivity contribution in [3.63, 3.8) is 0 Å². The number of carbonyl (C=O) groups excluding carboxylic acids is 1. The number of rotatable bonds is 6. The summed E-state index contributed by atoms with van der Waals surface area (Å²) in [4.78, 5) is 12.1. The zero-order valence-corrected chi connectivity index (χ0v) is 15.8. The van der Waals surface area contributed by atoms with Crippen LogP contribution in [0.1, 0.15) is 51.4 Å². The summed E-state index contributed by atoms with van der Waals surface area (Å²) in [6.07, 6.45) is 7.03. The van der Waals surface area contributed by atoms with E-state index >= 15 is 0 Å². The number of piperidine rings is 2. The summed E-state index contributed by atoms with van der Waals surface area (Å²) in [6, 6.07) is 0.140. The van der Waals surface area contributed by atoms with Gasteiger partial charge in [-0.15, -0.1) is 12.4 Å². The number of amides is 1. The Morgan fingerprint density at radius 2 is 1.67 bits per heavy atom. The minimum Gasteiger partial charge on any atom is -0.353 e. The molecule has 0 aromatic rings. The van der Waals surface area contributed by atoms with Gasteiger partial charge in [-0.05, 0) is 64.0 Å². The number of hydrogen-bond acceptors (Lipinski definition) is 4. The first-order chi connectivity index (χ1) is 11.1. The maximum absolute atomic E-state index is 12.2. The third-order valence-electron chi connectivity index (χ3n) is 5.36. The minimum atomic E-state index is -3.05. The third kappa shape index (κ3) is 5.31. The van der Waals surface area contributed by atoms with Gasteiger partial charge in [-0.3, -0.25) is 4.79 Å². The van der Waals surface area contributed by atoms with E-state index in [-0.39, 0.29) is 29.6 Å². The molecule has 0 atom stereocenters. The molecule has 3 rings (SSSR count). The second kappa shape index (κ2) is 8.83. The van der Waals surface area contributed by atoms with Crippen LogP contribution in [0.2, 0.25) is 0 Å². The number of hydrogen-bond donors (Lipinski definition) is 2. The number of carbonyl (C=O) groups is 1. The molecule has 0 aromatic carbocycles. The topological polar surface area (TPSA) is 78.5 Å². The molecular formula is C16H30ClN3O3S. The van der Waals surface area contributed by atoms with Crippen molar-refractivity contribution in [1.29, 1.82) is 0 Å². The summed E-state index contributed by atoms with van der Waals surface area (Å²) < 4.78 is 26.0. The molecule has 3 aliphatic rings. The molecule has 8 heteroatoms. The Morgan fingerprint density at radius 1 is 1.04 bits per heavy atom. The van der Waals surface area contributed by atoms with Crippen molar-refractivity contribution in [2.45, 2.75) is 62.7 Å². The predicted octanol–water partition coefficient (Wildman–Crippen LogP) is 1.26. The van der Waals surface area contributed by atoms with Gasteiger partial charge in [0.15, 0.2) is 0 Å². The lowest BCUT2D eigenvalue weighted by Crippen LogP contribution is -2.47. The summed E-state index contributed by atoms with van der Waals surface area (Å²) in [5, 5.41) is 6.32. The van der Waals surface area contributed by atoms with Gasteiger partial charge in [0.2, 0.25) is 15.9 Å². The van der Waals surface area contributed by atoms with E-state index in [0.717, 1.165) is 45.2 Å². The van der Waals surface area contributed by atoms with Crippen LogP contribution in [0, 0.1) is 5.92 Å². The zero-order valence-electron chi connectivity index (χ0n) is 14.2. The van der Waals surface area contributed by atoms with Gasteiger partial charge in [-0.1, -0.05) is 0 Å². The second-order valence-electron chi connectivity index (χ2n) is 7.22. The van der Waals surface area contributed by atoms with Crippen LogP contribution in [0.15, 0.2) is 0 Å². The van der Waals surface area contributed by atoms with Gasteiger partial charge in [0.05, 0.1) is 5.25 Å². The molecule has 1 amide bonds. The van der Waals surface area contributed by atoms with Crippen LogP contribution in [0.3, 0.4) is 0 Å². The maximum atomic E-state index is 12.2. The first-order valence-electron chi connectivity index (χ1n) is 9.05. The van der Waals surface area contributed by atoms with Crippen molar-refractivity contribution in [3.05, 3.63) is 0 Å². The molecule has 140 valence electrons. The summed E-state index contributed by atoms with van der Waals surface area (Å²) in [6.45, 7) is 3.25. The van der Waals surface area contributed by atoms with Crippen molar-refractivity contribution in [2.24, 2.45) is 5.92 Å². The van der Waals surface area contributed by atoms with Crippen LogP contribution in [0.25, 0.3) is 0 Å². The smallest absolute Gasteiger partial charge is 0.220 e. The third-order valence-corrected chi connectivity index (χ3v) is 7.76. The average molecular weight is 380 g/mol. The molecule has 24 heavy (non-hydrogen) atoms. The van der Waals surface area contributed by atoms with Gasteiger partial charge < -0.3 is 10.6 Å². The van der Waals surface area contributed by atoms with E-state index in [1.807, 2.05) is 0 Å². The highest BCUT2D eigenvalue weighted by Gasteiger charge is 2.41. The van der Waals surface area contributed by atoms with Crippen LogP contribution >= 0.6 is 12.4 Å². The largest absolute Gasteiger partial charge is 0.353 e. The molecule has 0 aromatic heterocycles. The van der Waals surface area contributed by atoms with Gasteiger partial charge in [0.25, 0.3) is 0 Å². The lowest BCUT2D eigenvalue weighted by molar-refractivity contribution is -0.122. The fourth-order valence-corrected chi connectivity index (χ4v) is 5.51. The van der Waals surface area contributed by atoms with Crippen molar-refractivity contribution in [3.8, 4) is 0 Å². The second-order valence-corrected chi connectivity index (χ2v) is 9.43. The van der Waals surface area contributed by atoms with E-state index in [2.05, 4.69) is 10.6 Å². The van der Waals surface area contributed by atoms with Crippen LogP contribution in [-0.4, -0.2) is 56.1 Å². The standard InChI is InChI=1S/C16H29N3O3S.ClH/c20-16(4-1-13-5-9-17-10-6-13)18-14-7-11-19(12-8-14)23(21,22)15-2-3-15;/h13-15,17H,1-12H2,(H,18,20);1H. The Hall–Kier alpha value is -0.370. The lowest BCUT2D eigenvalue weighted by Gasteiger charge is -2.31. The van der Waals surface area contributed by atoms with Crippen molar-refractivity contribution >= 4 is 28.3 Å². The number of nitrogens with zero attached hydrogens (tertiary/aromatic N) is 1. The lowest BCUT2D eigenvalue weighted by atomic mass is 9.93. The SMILES string of the molecule is Cl.O=C(CCC1CCNCC1)NC1CCN(S(=O)(=O)C2CC2)CC1. The van der Waals surface area contributed by atoms with Crippen molar-refractivity contribution < 1.29 is 13.2 Å². The summed E-state index contributed by atoms with van der Waals surface area (Å²) in [5.41, 5.74) is 0. The highest BCUT2D eigenvalue weighted by Crippen LogP contribution is 2.32. The van der Waals surface area contributed by atoms with Gasteiger partial charge in [0, 0.05) is 25.6 Å². The quantitative estimate of drug-likeness (QED) is 0.728. The molecule has 2 saturated heterocycles. The number of nitrogens with one attached hydrogen (secondary N) is 2. The molecule has 1 aliphatic carbocycles. The molecule has 2 aliphatic heterocycles. The Labute approximate surface area is 151 Å². The van der Waals surface area contributed by atoms with E-state index < -0.39 is 10.0 Å². The van der Waals surface area contributed by atoms with Crippen LogP contribution in [0.4, 0.5) is 0 Å². The van der Waals surface area contributed by atoms with Crippen molar-refractivity contribution in [2.75, 3.05) is 26.2 Å². The highest BCUT2D eigenvalue weighted by molar-refractivity contribution is 7.90. The van der Waals surface area contributed by atoms with Crippen molar-refractivity contribution in [1.82, 2.24) is 14.9 Å². The molecule has 0 bridgehead atoms. The molecule has 3 fully saturated rings. The molecular weight excluding hydrogens is 350 g/mol. The van der Waals surface area contributed by atoms with E-state index in [0.29, 0.717) is 25.4 Å². The van der Waals surface area contributed by atoms with Crippen LogP contribution < -0.4 is 10.6 Å². The Kier molecular flexibility index (Phi) is 7.34. The monoisotopic (exact) mass is 379 g/mol. The molecule has 0 unspecified atom stereocenters. The average Bonchev–Trinajstić information content (AvgIpc) is 3.40. The molecule has 2 N–H and O–H groups in total. The van der Waals surface area contributed by atoms with Crippen LogP contribution in [-0.2, 0) is 14.8 Å². The molecule has 6 nitrogen and oxygen atoms in total. The Balaban J connectivity index is 0.00000208. The predicted molar refractivity (Wildman–Crippen MR) is 96.8 cm³/mol. The first kappa shape index (κ1) is 19.9.